The number of nitrogens with zero attached hydrogens (tertiary/aromatic N) is 4. The van der Waals surface area contributed by atoms with E-state index in [9.17, 15) is 4.79 Å². The van der Waals surface area contributed by atoms with Crippen molar-refractivity contribution in [2.45, 2.75) is 13.8 Å². The van der Waals surface area contributed by atoms with Crippen molar-refractivity contribution >= 4 is 46.0 Å². The third kappa shape index (κ3) is 3.82. The average Bonchev–Trinajstić information content (AvgIpc) is 3.20. The number of halogens is 3. The van der Waals surface area contributed by atoms with Crippen molar-refractivity contribution in [2.75, 3.05) is 0 Å². The molecule has 0 radical (unpaired) electrons. The predicted octanol–water partition coefficient (Wildman–Crippen LogP) is 6.82. The van der Waals surface area contributed by atoms with Crippen molar-refractivity contribution in [3.63, 3.8) is 0 Å². The number of fused-ring (bicyclic) bond motifs is 1. The maximum Gasteiger partial charge on any atom is 0.286 e. The molecule has 0 spiro atoms. The van der Waals surface area contributed by atoms with Crippen molar-refractivity contribution in [3.05, 3.63) is 104 Å². The molecule has 0 aliphatic heterocycles. The molecule has 2 heterocycles. The highest BCUT2D eigenvalue weighted by atomic mass is 35.5. The van der Waals surface area contributed by atoms with Gasteiger partial charge in [-0.2, -0.15) is 0 Å². The lowest BCUT2D eigenvalue weighted by atomic mass is 10.1. The third-order valence-electron chi connectivity index (χ3n) is 5.45. The third-order valence-corrected chi connectivity index (χ3v) is 6.25. The molecule has 33 heavy (non-hydrogen) atoms. The second-order valence-corrected chi connectivity index (χ2v) is 9.03. The molecule has 0 saturated heterocycles. The first kappa shape index (κ1) is 21.7. The van der Waals surface area contributed by atoms with Crippen molar-refractivity contribution in [3.8, 4) is 22.8 Å². The first-order valence-corrected chi connectivity index (χ1v) is 11.3. The highest BCUT2D eigenvalue weighted by Gasteiger charge is 2.21. The zero-order valence-corrected chi connectivity index (χ0v) is 19.9. The molecular weight excluding hydrogens is 479 g/mol. The second-order valence-electron chi connectivity index (χ2n) is 7.75. The van der Waals surface area contributed by atoms with Crippen LogP contribution in [0.1, 0.15) is 11.1 Å². The van der Waals surface area contributed by atoms with E-state index in [4.69, 9.17) is 39.8 Å². The highest BCUT2D eigenvalue weighted by molar-refractivity contribution is 6.36. The molecule has 2 aromatic heterocycles. The zero-order chi connectivity index (χ0) is 23.3. The van der Waals surface area contributed by atoms with Crippen LogP contribution in [0, 0.1) is 13.8 Å². The smallest absolute Gasteiger partial charge is 0.283 e. The summed E-state index contributed by atoms with van der Waals surface area (Å²) in [5.41, 5.74) is 4.58. The molecule has 0 amide bonds. The van der Waals surface area contributed by atoms with Crippen LogP contribution in [0.5, 0.6) is 0 Å². The molecule has 5 aromatic rings. The van der Waals surface area contributed by atoms with Crippen LogP contribution in [0.25, 0.3) is 33.9 Å². The second kappa shape index (κ2) is 8.34. The Labute approximate surface area is 204 Å². The Kier molecular flexibility index (Phi) is 5.49. The maximum absolute atomic E-state index is 13.7. The molecule has 0 bridgehead atoms. The largest absolute Gasteiger partial charge is 0.286 e. The Morgan fingerprint density at radius 3 is 2.30 bits per heavy atom. The molecule has 0 atom stereocenters. The van der Waals surface area contributed by atoms with Crippen LogP contribution in [-0.4, -0.2) is 19.1 Å². The van der Waals surface area contributed by atoms with E-state index >= 15 is 0 Å². The summed E-state index contributed by atoms with van der Waals surface area (Å²) in [5.74, 6) is 0.378. The van der Waals surface area contributed by atoms with Gasteiger partial charge in [0.1, 0.15) is 6.33 Å². The molecule has 0 aliphatic rings. The fraction of sp³-hybridized carbons (Fsp3) is 0.0800. The van der Waals surface area contributed by atoms with Gasteiger partial charge in [-0.05, 0) is 73.5 Å². The molecule has 3 aromatic carbocycles. The molecule has 5 nitrogen and oxygen atoms in total. The number of benzene rings is 3. The molecule has 0 aliphatic carbocycles. The summed E-state index contributed by atoms with van der Waals surface area (Å²) < 4.78 is 3.33. The van der Waals surface area contributed by atoms with E-state index in [0.29, 0.717) is 37.8 Å². The first-order valence-electron chi connectivity index (χ1n) is 10.1. The number of imidazole rings is 1. The van der Waals surface area contributed by atoms with E-state index in [1.807, 2.05) is 36.6 Å². The van der Waals surface area contributed by atoms with Crippen LogP contribution < -0.4 is 5.56 Å². The standard InChI is InChI=1S/C25H17Cl3N4O/c1-14-3-4-15(2)21(11-14)31-13-29-22-24(31)30-23(19-10-7-17(27)12-20(19)28)32(25(22)33)18-8-5-16(26)6-9-18/h3-13H,1-2H3. The molecular formula is C25H17Cl3N4O. The van der Waals surface area contributed by atoms with E-state index < -0.39 is 0 Å². The zero-order valence-electron chi connectivity index (χ0n) is 17.7. The fourth-order valence-corrected chi connectivity index (χ4v) is 4.41. The Morgan fingerprint density at radius 1 is 0.848 bits per heavy atom. The molecule has 0 saturated carbocycles. The summed E-state index contributed by atoms with van der Waals surface area (Å²) in [6.07, 6.45) is 1.63. The van der Waals surface area contributed by atoms with Gasteiger partial charge in [-0.1, -0.05) is 46.9 Å². The summed E-state index contributed by atoms with van der Waals surface area (Å²) in [4.78, 5) is 23.1. The molecule has 0 fully saturated rings. The average molecular weight is 496 g/mol. The predicted molar refractivity (Wildman–Crippen MR) is 134 cm³/mol. The van der Waals surface area contributed by atoms with Gasteiger partial charge >= 0.3 is 0 Å². The highest BCUT2D eigenvalue weighted by Crippen LogP contribution is 2.31. The minimum absolute atomic E-state index is 0.250. The number of aromatic nitrogens is 4. The minimum atomic E-state index is -0.313. The topological polar surface area (TPSA) is 52.7 Å². The normalized spacial score (nSPS) is 11.3. The van der Waals surface area contributed by atoms with Crippen molar-refractivity contribution < 1.29 is 0 Å². The van der Waals surface area contributed by atoms with Gasteiger partial charge in [0.15, 0.2) is 17.0 Å². The van der Waals surface area contributed by atoms with E-state index in [-0.39, 0.29) is 11.1 Å². The number of hydrogen-bond donors (Lipinski definition) is 0. The van der Waals surface area contributed by atoms with Gasteiger partial charge < -0.3 is 0 Å². The molecule has 0 unspecified atom stereocenters. The molecule has 0 N–H and O–H groups in total. The number of rotatable bonds is 3. The van der Waals surface area contributed by atoms with Gasteiger partial charge in [0.25, 0.3) is 5.56 Å². The van der Waals surface area contributed by atoms with Gasteiger partial charge in [-0.3, -0.25) is 13.9 Å². The molecule has 164 valence electrons. The van der Waals surface area contributed by atoms with Crippen LogP contribution in [0.15, 0.2) is 71.8 Å². The lowest BCUT2D eigenvalue weighted by Crippen LogP contribution is -2.22. The van der Waals surface area contributed by atoms with Crippen LogP contribution in [0.4, 0.5) is 0 Å². The summed E-state index contributed by atoms with van der Waals surface area (Å²) in [6, 6.07) is 18.2. The van der Waals surface area contributed by atoms with Gasteiger partial charge in [-0.25, -0.2) is 9.97 Å². The number of aryl methyl sites for hydroxylation is 2. The molecule has 8 heteroatoms. The lowest BCUT2D eigenvalue weighted by Gasteiger charge is -2.15. The minimum Gasteiger partial charge on any atom is -0.283 e. The Morgan fingerprint density at radius 2 is 1.58 bits per heavy atom. The maximum atomic E-state index is 13.7. The summed E-state index contributed by atoms with van der Waals surface area (Å²) in [5, 5.41) is 1.44. The first-order chi connectivity index (χ1) is 15.8. The van der Waals surface area contributed by atoms with Crippen LogP contribution in [0.2, 0.25) is 15.1 Å². The quantitative estimate of drug-likeness (QED) is 0.276. The van der Waals surface area contributed by atoms with Crippen LogP contribution >= 0.6 is 34.8 Å². The van der Waals surface area contributed by atoms with Crippen LogP contribution in [0.3, 0.4) is 0 Å². The SMILES string of the molecule is Cc1ccc(C)c(-n2cnc3c(=O)n(-c4ccc(Cl)cc4)c(-c4ccc(Cl)cc4Cl)nc32)c1. The lowest BCUT2D eigenvalue weighted by molar-refractivity contribution is 0.960. The summed E-state index contributed by atoms with van der Waals surface area (Å²) >= 11 is 18.7. The van der Waals surface area contributed by atoms with Crippen LogP contribution in [-0.2, 0) is 0 Å². The molecule has 5 rings (SSSR count). The van der Waals surface area contributed by atoms with E-state index in [2.05, 4.69) is 4.98 Å². The summed E-state index contributed by atoms with van der Waals surface area (Å²) in [7, 11) is 0. The van der Waals surface area contributed by atoms with Gasteiger partial charge in [0.05, 0.1) is 16.4 Å². The van der Waals surface area contributed by atoms with E-state index in [1.165, 1.54) is 4.57 Å². The Balaban J connectivity index is 1.88. The van der Waals surface area contributed by atoms with Gasteiger partial charge in [-0.15, -0.1) is 0 Å². The summed E-state index contributed by atoms with van der Waals surface area (Å²) in [6.45, 7) is 4.02. The van der Waals surface area contributed by atoms with E-state index in [0.717, 1.165) is 16.8 Å². The van der Waals surface area contributed by atoms with Crippen molar-refractivity contribution in [1.29, 1.82) is 0 Å². The number of hydrogen-bond acceptors (Lipinski definition) is 3. The Hall–Kier alpha value is -3.12. The van der Waals surface area contributed by atoms with Gasteiger partial charge in [0, 0.05) is 15.6 Å². The van der Waals surface area contributed by atoms with Crippen molar-refractivity contribution in [1.82, 2.24) is 19.1 Å². The van der Waals surface area contributed by atoms with Gasteiger partial charge in [0.2, 0.25) is 0 Å². The van der Waals surface area contributed by atoms with E-state index in [1.54, 1.807) is 48.8 Å². The Bertz CT molecular complexity index is 1590. The monoisotopic (exact) mass is 494 g/mol. The van der Waals surface area contributed by atoms with Crippen molar-refractivity contribution in [2.24, 2.45) is 0 Å². The fourth-order valence-electron chi connectivity index (χ4n) is 3.79.